The number of aryl methyl sites for hydroxylation is 1. The number of carbonyl (C=O) groups is 2. The highest BCUT2D eigenvalue weighted by molar-refractivity contribution is 8.18. The molecule has 116 valence electrons. The van der Waals surface area contributed by atoms with Crippen molar-refractivity contribution < 1.29 is 9.59 Å². The van der Waals surface area contributed by atoms with Gasteiger partial charge in [0.2, 0.25) is 0 Å². The van der Waals surface area contributed by atoms with Gasteiger partial charge in [-0.1, -0.05) is 12.1 Å². The number of nitrogens with one attached hydrogen (secondary N) is 1. The van der Waals surface area contributed by atoms with Crippen LogP contribution in [0, 0.1) is 0 Å². The Kier molecular flexibility index (Phi) is 4.16. The molecule has 1 N–H and O–H groups in total. The molecule has 6 heteroatoms. The first kappa shape index (κ1) is 15.3. The monoisotopic (exact) mass is 325 g/mol. The molecule has 1 amide bonds. The largest absolute Gasteiger partial charge is 0.351 e. The lowest BCUT2D eigenvalue weighted by atomic mass is 10.1. The smallest absolute Gasteiger partial charge is 0.264 e. The van der Waals surface area contributed by atoms with Crippen LogP contribution >= 0.6 is 11.8 Å². The maximum absolute atomic E-state index is 12.0. The molecule has 1 aromatic carbocycles. The summed E-state index contributed by atoms with van der Waals surface area (Å²) in [5, 5.41) is 3.25. The molecule has 0 spiro atoms. The minimum Gasteiger partial charge on any atom is -0.351 e. The Bertz CT molecular complexity index is 849. The fraction of sp³-hybridized carbons (Fsp3) is 0.118. The van der Waals surface area contributed by atoms with E-state index < -0.39 is 0 Å². The third-order valence-corrected chi connectivity index (χ3v) is 4.31. The quantitative estimate of drug-likeness (QED) is 0.696. The van der Waals surface area contributed by atoms with Gasteiger partial charge in [0.1, 0.15) is 0 Å². The molecular formula is C17H15N3O2S. The molecule has 1 aliphatic heterocycles. The summed E-state index contributed by atoms with van der Waals surface area (Å²) in [7, 11) is 1.92. The fourth-order valence-corrected chi connectivity index (χ4v) is 2.98. The van der Waals surface area contributed by atoms with E-state index >= 15 is 0 Å². The van der Waals surface area contributed by atoms with Crippen LogP contribution in [-0.2, 0) is 11.8 Å². The van der Waals surface area contributed by atoms with Crippen LogP contribution in [0.5, 0.6) is 0 Å². The zero-order valence-corrected chi connectivity index (χ0v) is 13.6. The number of benzene rings is 1. The van der Waals surface area contributed by atoms with E-state index in [-0.39, 0.29) is 11.7 Å². The maximum Gasteiger partial charge on any atom is 0.264 e. The number of ketones is 1. The predicted molar refractivity (Wildman–Crippen MR) is 92.7 cm³/mol. The van der Waals surface area contributed by atoms with Gasteiger partial charge in [-0.05, 0) is 49.0 Å². The van der Waals surface area contributed by atoms with Gasteiger partial charge in [0.15, 0.2) is 11.0 Å². The van der Waals surface area contributed by atoms with Gasteiger partial charge in [-0.3, -0.25) is 9.59 Å². The molecule has 0 radical (unpaired) electrons. The summed E-state index contributed by atoms with van der Waals surface area (Å²) in [6, 6.07) is 10.9. The van der Waals surface area contributed by atoms with Crippen molar-refractivity contribution >= 4 is 40.4 Å². The SMILES string of the molecule is CC(=O)c1cccc(N=C2NC(=O)/C(=C\c3cccn3C)S2)c1. The minimum atomic E-state index is -0.169. The van der Waals surface area contributed by atoms with Gasteiger partial charge in [-0.2, -0.15) is 0 Å². The summed E-state index contributed by atoms with van der Waals surface area (Å²) < 4.78 is 1.94. The van der Waals surface area contributed by atoms with Crippen molar-refractivity contribution in [3.05, 3.63) is 58.8 Å². The molecule has 0 atom stereocenters. The van der Waals surface area contributed by atoms with Crippen LogP contribution in [-0.4, -0.2) is 21.4 Å². The molecule has 1 saturated heterocycles. The molecule has 5 nitrogen and oxygen atoms in total. The number of aromatic nitrogens is 1. The molecule has 3 rings (SSSR count). The molecule has 0 unspecified atom stereocenters. The lowest BCUT2D eigenvalue weighted by molar-refractivity contribution is -0.115. The molecule has 0 bridgehead atoms. The van der Waals surface area contributed by atoms with E-state index in [1.54, 1.807) is 24.3 Å². The van der Waals surface area contributed by atoms with Crippen LogP contribution in [0.2, 0.25) is 0 Å². The number of hydrogen-bond donors (Lipinski definition) is 1. The molecule has 1 aromatic heterocycles. The van der Waals surface area contributed by atoms with Crippen LogP contribution in [0.1, 0.15) is 23.0 Å². The number of amidine groups is 1. The standard InChI is InChI=1S/C17H15N3O2S/c1-11(21)12-5-3-6-13(9-12)18-17-19-16(22)15(23-17)10-14-7-4-8-20(14)2/h3-10H,1-2H3,(H,18,19,22)/b15-10+. The topological polar surface area (TPSA) is 63.5 Å². The average Bonchev–Trinajstić information content (AvgIpc) is 3.06. The summed E-state index contributed by atoms with van der Waals surface area (Å²) in [4.78, 5) is 28.4. The lowest BCUT2D eigenvalue weighted by Gasteiger charge is -1.99. The van der Waals surface area contributed by atoms with Gasteiger partial charge < -0.3 is 9.88 Å². The number of aliphatic imine (C=N–C) groups is 1. The molecule has 0 saturated carbocycles. The Balaban J connectivity index is 1.85. The van der Waals surface area contributed by atoms with Crippen LogP contribution < -0.4 is 5.32 Å². The van der Waals surface area contributed by atoms with Gasteiger partial charge in [-0.15, -0.1) is 0 Å². The molecule has 1 aliphatic rings. The van der Waals surface area contributed by atoms with Crippen molar-refractivity contribution in [3.63, 3.8) is 0 Å². The number of amides is 1. The van der Waals surface area contributed by atoms with Crippen LogP contribution in [0.3, 0.4) is 0 Å². The van der Waals surface area contributed by atoms with E-state index in [1.807, 2.05) is 36.0 Å². The number of thioether (sulfide) groups is 1. The Morgan fingerprint density at radius 2 is 2.13 bits per heavy atom. The summed E-state index contributed by atoms with van der Waals surface area (Å²) >= 11 is 1.29. The molecule has 2 heterocycles. The highest BCUT2D eigenvalue weighted by Crippen LogP contribution is 2.28. The van der Waals surface area contributed by atoms with E-state index in [4.69, 9.17) is 0 Å². The molecule has 1 fully saturated rings. The van der Waals surface area contributed by atoms with Crippen molar-refractivity contribution in [3.8, 4) is 0 Å². The molecule has 2 aromatic rings. The van der Waals surface area contributed by atoms with E-state index in [0.717, 1.165) is 5.69 Å². The third kappa shape index (κ3) is 3.43. The first-order chi connectivity index (χ1) is 11.0. The van der Waals surface area contributed by atoms with Gasteiger partial charge in [-0.25, -0.2) is 4.99 Å². The zero-order chi connectivity index (χ0) is 16.4. The Morgan fingerprint density at radius 1 is 1.30 bits per heavy atom. The summed E-state index contributed by atoms with van der Waals surface area (Å²) in [6.45, 7) is 1.51. The lowest BCUT2D eigenvalue weighted by Crippen LogP contribution is -2.19. The highest BCUT2D eigenvalue weighted by Gasteiger charge is 2.24. The summed E-state index contributed by atoms with van der Waals surface area (Å²) in [6.07, 6.45) is 3.75. The summed E-state index contributed by atoms with van der Waals surface area (Å²) in [5.41, 5.74) is 2.18. The Hall–Kier alpha value is -2.60. The Labute approximate surface area is 138 Å². The van der Waals surface area contributed by atoms with E-state index in [1.165, 1.54) is 18.7 Å². The van der Waals surface area contributed by atoms with Crippen molar-refractivity contribution in [2.75, 3.05) is 0 Å². The van der Waals surface area contributed by atoms with Crippen LogP contribution in [0.15, 0.2) is 52.5 Å². The first-order valence-corrected chi connectivity index (χ1v) is 7.86. The van der Waals surface area contributed by atoms with Crippen molar-refractivity contribution in [1.29, 1.82) is 0 Å². The molecule has 23 heavy (non-hydrogen) atoms. The van der Waals surface area contributed by atoms with Crippen molar-refractivity contribution in [2.24, 2.45) is 12.0 Å². The van der Waals surface area contributed by atoms with Gasteiger partial charge >= 0.3 is 0 Å². The predicted octanol–water partition coefficient (Wildman–Crippen LogP) is 3.12. The normalized spacial score (nSPS) is 17.7. The number of hydrogen-bond acceptors (Lipinski definition) is 4. The second-order valence-electron chi connectivity index (χ2n) is 5.13. The van der Waals surface area contributed by atoms with Crippen LogP contribution in [0.4, 0.5) is 5.69 Å². The van der Waals surface area contributed by atoms with Gasteiger partial charge in [0.05, 0.1) is 10.6 Å². The van der Waals surface area contributed by atoms with Gasteiger partial charge in [0, 0.05) is 24.5 Å². The Morgan fingerprint density at radius 3 is 2.83 bits per heavy atom. The van der Waals surface area contributed by atoms with E-state index in [2.05, 4.69) is 10.3 Å². The second kappa shape index (κ2) is 6.26. The number of carbonyl (C=O) groups excluding carboxylic acids is 2. The van der Waals surface area contributed by atoms with Crippen molar-refractivity contribution in [2.45, 2.75) is 6.92 Å². The first-order valence-electron chi connectivity index (χ1n) is 7.05. The highest BCUT2D eigenvalue weighted by atomic mass is 32.2. The number of rotatable bonds is 3. The van der Waals surface area contributed by atoms with Gasteiger partial charge in [0.25, 0.3) is 5.91 Å². The van der Waals surface area contributed by atoms with E-state index in [0.29, 0.717) is 21.3 Å². The number of Topliss-reactive ketones (excluding diaryl/α,β-unsaturated/α-hetero) is 1. The minimum absolute atomic E-state index is 0.0144. The van der Waals surface area contributed by atoms with Crippen LogP contribution in [0.25, 0.3) is 6.08 Å². The average molecular weight is 325 g/mol. The summed E-state index contributed by atoms with van der Waals surface area (Å²) in [5.74, 6) is -0.183. The molecule has 0 aliphatic carbocycles. The second-order valence-corrected chi connectivity index (χ2v) is 6.16. The van der Waals surface area contributed by atoms with Crippen molar-refractivity contribution in [1.82, 2.24) is 9.88 Å². The molecular weight excluding hydrogens is 310 g/mol. The fourth-order valence-electron chi connectivity index (χ4n) is 2.15. The maximum atomic E-state index is 12.0. The third-order valence-electron chi connectivity index (χ3n) is 3.40. The zero-order valence-electron chi connectivity index (χ0n) is 12.7. The van der Waals surface area contributed by atoms with E-state index in [9.17, 15) is 9.59 Å². The number of nitrogens with zero attached hydrogens (tertiary/aromatic N) is 2.